The number of halogens is 1. The standard InChI is InChI=1S/C13H20N2O2.ClH/c1-9-4-5-11(6-10(9)2)15-13(16)7-12(8-14)17-3;/h4-6,12H,7-8,14H2,1-3H3,(H,15,16);1H. The van der Waals surface area contributed by atoms with Gasteiger partial charge in [-0.05, 0) is 37.1 Å². The van der Waals surface area contributed by atoms with E-state index in [1.165, 1.54) is 5.56 Å². The summed E-state index contributed by atoms with van der Waals surface area (Å²) in [6.45, 7) is 4.40. The molecule has 4 nitrogen and oxygen atoms in total. The number of ether oxygens (including phenoxy) is 1. The van der Waals surface area contributed by atoms with Crippen LogP contribution in [0.5, 0.6) is 0 Å². The van der Waals surface area contributed by atoms with Gasteiger partial charge < -0.3 is 15.8 Å². The van der Waals surface area contributed by atoms with Crippen LogP contribution < -0.4 is 11.1 Å². The molecule has 1 unspecified atom stereocenters. The Balaban J connectivity index is 0.00000289. The number of hydrogen-bond acceptors (Lipinski definition) is 3. The van der Waals surface area contributed by atoms with Crippen LogP contribution in [0.4, 0.5) is 5.69 Å². The summed E-state index contributed by atoms with van der Waals surface area (Å²) in [7, 11) is 1.56. The van der Waals surface area contributed by atoms with Gasteiger partial charge >= 0.3 is 0 Å². The fraction of sp³-hybridized carbons (Fsp3) is 0.462. The van der Waals surface area contributed by atoms with E-state index in [0.29, 0.717) is 6.54 Å². The number of methoxy groups -OCH3 is 1. The Morgan fingerprint density at radius 2 is 2.06 bits per heavy atom. The maximum absolute atomic E-state index is 11.7. The van der Waals surface area contributed by atoms with Gasteiger partial charge in [0, 0.05) is 19.3 Å². The summed E-state index contributed by atoms with van der Waals surface area (Å²) in [4.78, 5) is 11.7. The Morgan fingerprint density at radius 3 is 2.56 bits per heavy atom. The number of anilines is 1. The number of benzene rings is 1. The van der Waals surface area contributed by atoms with Crippen LogP contribution in [0.25, 0.3) is 0 Å². The van der Waals surface area contributed by atoms with Crippen molar-refractivity contribution in [3.05, 3.63) is 29.3 Å². The predicted octanol–water partition coefficient (Wildman–Crippen LogP) is 2.03. The van der Waals surface area contributed by atoms with Crippen LogP contribution in [0.3, 0.4) is 0 Å². The van der Waals surface area contributed by atoms with Gasteiger partial charge in [0.15, 0.2) is 0 Å². The smallest absolute Gasteiger partial charge is 0.227 e. The number of carbonyl (C=O) groups excluding carboxylic acids is 1. The summed E-state index contributed by atoms with van der Waals surface area (Å²) in [5, 5.41) is 2.83. The molecule has 0 aromatic heterocycles. The molecule has 5 heteroatoms. The maximum Gasteiger partial charge on any atom is 0.227 e. The van der Waals surface area contributed by atoms with Gasteiger partial charge in [-0.25, -0.2) is 0 Å². The summed E-state index contributed by atoms with van der Waals surface area (Å²) in [6.07, 6.45) is 0.0569. The minimum atomic E-state index is -0.221. The molecule has 1 rings (SSSR count). The second-order valence-electron chi connectivity index (χ2n) is 4.14. The number of carbonyl (C=O) groups is 1. The highest BCUT2D eigenvalue weighted by molar-refractivity contribution is 5.91. The molecule has 0 aliphatic heterocycles. The van der Waals surface area contributed by atoms with Crippen LogP contribution in [0.15, 0.2) is 18.2 Å². The summed E-state index contributed by atoms with van der Waals surface area (Å²) in [6, 6.07) is 5.84. The first-order valence-corrected chi connectivity index (χ1v) is 5.66. The van der Waals surface area contributed by atoms with E-state index in [2.05, 4.69) is 5.32 Å². The van der Waals surface area contributed by atoms with Crippen LogP contribution in [-0.2, 0) is 9.53 Å². The quantitative estimate of drug-likeness (QED) is 0.862. The number of aryl methyl sites for hydroxylation is 2. The zero-order valence-electron chi connectivity index (χ0n) is 11.0. The van der Waals surface area contributed by atoms with Crippen molar-refractivity contribution in [2.45, 2.75) is 26.4 Å². The Labute approximate surface area is 114 Å². The molecule has 0 bridgehead atoms. The minimum absolute atomic E-state index is 0. The fourth-order valence-corrected chi connectivity index (χ4v) is 1.50. The van der Waals surface area contributed by atoms with Gasteiger partial charge in [0.25, 0.3) is 0 Å². The largest absolute Gasteiger partial charge is 0.380 e. The third-order valence-electron chi connectivity index (χ3n) is 2.80. The van der Waals surface area contributed by atoms with E-state index in [1.807, 2.05) is 32.0 Å². The summed E-state index contributed by atoms with van der Waals surface area (Å²) in [5.74, 6) is -0.0782. The van der Waals surface area contributed by atoms with Gasteiger partial charge in [0.1, 0.15) is 0 Å². The van der Waals surface area contributed by atoms with Crippen molar-refractivity contribution in [1.82, 2.24) is 0 Å². The number of nitrogens with one attached hydrogen (secondary N) is 1. The third kappa shape index (κ3) is 5.04. The van der Waals surface area contributed by atoms with Crippen LogP contribution in [0.1, 0.15) is 17.5 Å². The fourth-order valence-electron chi connectivity index (χ4n) is 1.50. The Bertz CT molecular complexity index is 393. The lowest BCUT2D eigenvalue weighted by molar-refractivity contribution is -0.118. The lowest BCUT2D eigenvalue weighted by Crippen LogP contribution is -2.28. The zero-order chi connectivity index (χ0) is 12.8. The second-order valence-corrected chi connectivity index (χ2v) is 4.14. The van der Waals surface area contributed by atoms with E-state index in [1.54, 1.807) is 7.11 Å². The summed E-state index contributed by atoms with van der Waals surface area (Å²) < 4.78 is 5.06. The van der Waals surface area contributed by atoms with E-state index in [9.17, 15) is 4.79 Å². The van der Waals surface area contributed by atoms with Gasteiger partial charge in [-0.15, -0.1) is 12.4 Å². The monoisotopic (exact) mass is 272 g/mol. The van der Waals surface area contributed by atoms with Crippen molar-refractivity contribution in [3.63, 3.8) is 0 Å². The van der Waals surface area contributed by atoms with Gasteiger partial charge in [-0.3, -0.25) is 4.79 Å². The maximum atomic E-state index is 11.7. The summed E-state index contributed by atoms with van der Waals surface area (Å²) >= 11 is 0. The molecule has 0 aliphatic carbocycles. The Kier molecular flexibility index (Phi) is 7.59. The SMILES string of the molecule is COC(CN)CC(=O)Nc1ccc(C)c(C)c1.Cl. The van der Waals surface area contributed by atoms with E-state index in [4.69, 9.17) is 10.5 Å². The third-order valence-corrected chi connectivity index (χ3v) is 2.80. The van der Waals surface area contributed by atoms with Crippen molar-refractivity contribution < 1.29 is 9.53 Å². The van der Waals surface area contributed by atoms with Crippen LogP contribution in [0.2, 0.25) is 0 Å². The Morgan fingerprint density at radius 1 is 1.39 bits per heavy atom. The summed E-state index contributed by atoms with van der Waals surface area (Å²) in [5.41, 5.74) is 8.64. The lowest BCUT2D eigenvalue weighted by atomic mass is 10.1. The van der Waals surface area contributed by atoms with Crippen LogP contribution in [0, 0.1) is 13.8 Å². The molecule has 1 aromatic carbocycles. The molecule has 102 valence electrons. The molecule has 0 spiro atoms. The lowest BCUT2D eigenvalue weighted by Gasteiger charge is -2.13. The van der Waals surface area contributed by atoms with Crippen molar-refractivity contribution in [2.75, 3.05) is 19.0 Å². The molecular weight excluding hydrogens is 252 g/mol. The first-order chi connectivity index (χ1) is 8.06. The average Bonchev–Trinajstić information content (AvgIpc) is 2.31. The first kappa shape index (κ1) is 16.9. The molecule has 0 heterocycles. The van der Waals surface area contributed by atoms with E-state index in [-0.39, 0.29) is 30.8 Å². The van der Waals surface area contributed by atoms with Crippen molar-refractivity contribution in [3.8, 4) is 0 Å². The molecule has 0 saturated heterocycles. The molecule has 0 aliphatic rings. The normalized spacial score (nSPS) is 11.6. The number of hydrogen-bond donors (Lipinski definition) is 2. The van der Waals surface area contributed by atoms with Crippen LogP contribution in [-0.4, -0.2) is 25.7 Å². The highest BCUT2D eigenvalue weighted by Gasteiger charge is 2.11. The average molecular weight is 273 g/mol. The highest BCUT2D eigenvalue weighted by Crippen LogP contribution is 2.14. The van der Waals surface area contributed by atoms with Crippen molar-refractivity contribution in [2.24, 2.45) is 5.73 Å². The van der Waals surface area contributed by atoms with Gasteiger partial charge in [0.2, 0.25) is 5.91 Å². The van der Waals surface area contributed by atoms with E-state index in [0.717, 1.165) is 11.3 Å². The zero-order valence-corrected chi connectivity index (χ0v) is 11.8. The number of rotatable bonds is 5. The molecule has 1 atom stereocenters. The number of nitrogens with two attached hydrogens (primary N) is 1. The molecule has 3 N–H and O–H groups in total. The van der Waals surface area contributed by atoms with Crippen LogP contribution >= 0.6 is 12.4 Å². The van der Waals surface area contributed by atoms with E-state index < -0.39 is 0 Å². The molecule has 1 amide bonds. The minimum Gasteiger partial charge on any atom is -0.380 e. The molecule has 0 radical (unpaired) electrons. The van der Waals surface area contributed by atoms with Gasteiger partial charge in [0.05, 0.1) is 12.5 Å². The number of amides is 1. The Hall–Kier alpha value is -1.10. The molecule has 18 heavy (non-hydrogen) atoms. The van der Waals surface area contributed by atoms with Crippen molar-refractivity contribution in [1.29, 1.82) is 0 Å². The topological polar surface area (TPSA) is 64.3 Å². The van der Waals surface area contributed by atoms with Gasteiger partial charge in [-0.2, -0.15) is 0 Å². The molecule has 1 aromatic rings. The molecular formula is C13H21ClN2O2. The van der Waals surface area contributed by atoms with Gasteiger partial charge in [-0.1, -0.05) is 6.07 Å². The first-order valence-electron chi connectivity index (χ1n) is 5.66. The van der Waals surface area contributed by atoms with E-state index >= 15 is 0 Å². The second kappa shape index (κ2) is 8.08. The highest BCUT2D eigenvalue weighted by atomic mass is 35.5. The molecule has 0 saturated carbocycles. The van der Waals surface area contributed by atoms with Crippen molar-refractivity contribution >= 4 is 24.0 Å². The molecule has 0 fully saturated rings. The predicted molar refractivity (Wildman–Crippen MR) is 76.3 cm³/mol.